The molecule has 1 heterocycles. The van der Waals surface area contributed by atoms with Gasteiger partial charge in [0.1, 0.15) is 19.3 Å². The first kappa shape index (κ1) is 11.4. The van der Waals surface area contributed by atoms with Gasteiger partial charge in [0, 0.05) is 5.56 Å². The molecule has 2 aromatic carbocycles. The van der Waals surface area contributed by atoms with Crippen LogP contribution in [-0.2, 0) is 0 Å². The lowest BCUT2D eigenvalue weighted by Crippen LogP contribution is -2.15. The molecule has 0 saturated carbocycles. The maximum absolute atomic E-state index is 9.21. The molecular weight excluding hydrogens is 240 g/mol. The summed E-state index contributed by atoms with van der Waals surface area (Å²) in [5.74, 6) is 1.44. The average Bonchev–Trinajstić information content (AvgIpc) is 2.46. The average molecular weight is 252 g/mol. The molecule has 2 N–H and O–H groups in total. The summed E-state index contributed by atoms with van der Waals surface area (Å²) in [5, 5.41) is 9.21. The standard InChI is InChI=1S/C15H12N2O2/c16-9-12-11(2-1-3-13(12)17)10-4-5-14-15(8-10)19-7-6-18-14/h1-5,8H,6-7,17H2. The van der Waals surface area contributed by atoms with E-state index >= 15 is 0 Å². The van der Waals surface area contributed by atoms with Gasteiger partial charge in [-0.3, -0.25) is 0 Å². The van der Waals surface area contributed by atoms with E-state index in [1.54, 1.807) is 6.07 Å². The number of anilines is 1. The van der Waals surface area contributed by atoms with Crippen LogP contribution in [0.3, 0.4) is 0 Å². The predicted octanol–water partition coefficient (Wildman–Crippen LogP) is 2.58. The normalized spacial score (nSPS) is 12.8. The Labute approximate surface area is 111 Å². The first-order valence-corrected chi connectivity index (χ1v) is 5.98. The van der Waals surface area contributed by atoms with Gasteiger partial charge < -0.3 is 15.2 Å². The van der Waals surface area contributed by atoms with E-state index in [9.17, 15) is 5.26 Å². The zero-order chi connectivity index (χ0) is 13.2. The van der Waals surface area contributed by atoms with Gasteiger partial charge >= 0.3 is 0 Å². The number of nitrogens with two attached hydrogens (primary N) is 1. The lowest BCUT2D eigenvalue weighted by molar-refractivity contribution is 0.171. The van der Waals surface area contributed by atoms with E-state index in [0.717, 1.165) is 16.9 Å². The molecule has 19 heavy (non-hydrogen) atoms. The van der Waals surface area contributed by atoms with Crippen molar-refractivity contribution in [2.75, 3.05) is 18.9 Å². The van der Waals surface area contributed by atoms with Gasteiger partial charge in [0.05, 0.1) is 11.3 Å². The molecule has 2 aromatic rings. The van der Waals surface area contributed by atoms with Crippen LogP contribution in [0, 0.1) is 11.3 Å². The molecule has 0 fully saturated rings. The Morgan fingerprint density at radius 2 is 1.84 bits per heavy atom. The molecule has 1 aliphatic rings. The number of rotatable bonds is 1. The summed E-state index contributed by atoms with van der Waals surface area (Å²) in [6.45, 7) is 1.10. The molecule has 0 radical (unpaired) electrons. The Kier molecular flexibility index (Phi) is 2.73. The number of benzene rings is 2. The lowest BCUT2D eigenvalue weighted by Gasteiger charge is -2.19. The number of fused-ring (bicyclic) bond motifs is 1. The second-order valence-corrected chi connectivity index (χ2v) is 4.24. The van der Waals surface area contributed by atoms with Gasteiger partial charge in [-0.05, 0) is 23.8 Å². The molecule has 0 aromatic heterocycles. The van der Waals surface area contributed by atoms with E-state index in [2.05, 4.69) is 6.07 Å². The number of ether oxygens (including phenoxy) is 2. The minimum atomic E-state index is 0.481. The highest BCUT2D eigenvalue weighted by atomic mass is 16.6. The topological polar surface area (TPSA) is 68.3 Å². The number of nitrogens with zero attached hydrogens (tertiary/aromatic N) is 1. The summed E-state index contributed by atoms with van der Waals surface area (Å²) in [7, 11) is 0. The van der Waals surface area contributed by atoms with Crippen LogP contribution in [0.2, 0.25) is 0 Å². The van der Waals surface area contributed by atoms with E-state index in [1.165, 1.54) is 0 Å². The first-order chi connectivity index (χ1) is 9.29. The zero-order valence-corrected chi connectivity index (χ0v) is 10.2. The Morgan fingerprint density at radius 3 is 2.63 bits per heavy atom. The Morgan fingerprint density at radius 1 is 1.05 bits per heavy atom. The van der Waals surface area contributed by atoms with Gasteiger partial charge in [0.15, 0.2) is 11.5 Å². The van der Waals surface area contributed by atoms with Crippen molar-refractivity contribution < 1.29 is 9.47 Å². The molecule has 94 valence electrons. The number of hydrogen-bond donors (Lipinski definition) is 1. The van der Waals surface area contributed by atoms with Crippen LogP contribution in [0.25, 0.3) is 11.1 Å². The van der Waals surface area contributed by atoms with Crippen molar-refractivity contribution in [3.05, 3.63) is 42.0 Å². The molecule has 0 bridgehead atoms. The molecular formula is C15H12N2O2. The second kappa shape index (κ2) is 4.54. The van der Waals surface area contributed by atoms with Gasteiger partial charge in [-0.15, -0.1) is 0 Å². The third-order valence-electron chi connectivity index (χ3n) is 3.06. The van der Waals surface area contributed by atoms with E-state index < -0.39 is 0 Å². The fourth-order valence-corrected chi connectivity index (χ4v) is 2.15. The van der Waals surface area contributed by atoms with Crippen LogP contribution in [-0.4, -0.2) is 13.2 Å². The second-order valence-electron chi connectivity index (χ2n) is 4.24. The van der Waals surface area contributed by atoms with Crippen LogP contribution in [0.15, 0.2) is 36.4 Å². The smallest absolute Gasteiger partial charge is 0.161 e. The van der Waals surface area contributed by atoms with E-state index in [4.69, 9.17) is 15.2 Å². The van der Waals surface area contributed by atoms with Crippen LogP contribution in [0.1, 0.15) is 5.56 Å². The molecule has 0 aliphatic carbocycles. The van der Waals surface area contributed by atoms with Crippen molar-refractivity contribution >= 4 is 5.69 Å². The van der Waals surface area contributed by atoms with E-state index in [1.807, 2.05) is 30.3 Å². The summed E-state index contributed by atoms with van der Waals surface area (Å²) < 4.78 is 11.0. The highest BCUT2D eigenvalue weighted by Gasteiger charge is 2.14. The summed E-state index contributed by atoms with van der Waals surface area (Å²) in [6, 6.07) is 13.2. The molecule has 0 saturated heterocycles. The minimum absolute atomic E-state index is 0.481. The van der Waals surface area contributed by atoms with Crippen LogP contribution < -0.4 is 15.2 Å². The minimum Gasteiger partial charge on any atom is -0.486 e. The maximum atomic E-state index is 9.21. The van der Waals surface area contributed by atoms with Gasteiger partial charge in [-0.2, -0.15) is 5.26 Å². The van der Waals surface area contributed by atoms with Crippen LogP contribution in [0.5, 0.6) is 11.5 Å². The van der Waals surface area contributed by atoms with Crippen molar-refractivity contribution in [2.45, 2.75) is 0 Å². The van der Waals surface area contributed by atoms with Gasteiger partial charge in [0.2, 0.25) is 0 Å². The van der Waals surface area contributed by atoms with Crippen LogP contribution >= 0.6 is 0 Å². The summed E-state index contributed by atoms with van der Waals surface area (Å²) in [6.07, 6.45) is 0. The third kappa shape index (κ3) is 1.95. The first-order valence-electron chi connectivity index (χ1n) is 5.98. The quantitative estimate of drug-likeness (QED) is 0.792. The Hall–Kier alpha value is -2.67. The summed E-state index contributed by atoms with van der Waals surface area (Å²) in [4.78, 5) is 0. The van der Waals surface area contributed by atoms with E-state index in [0.29, 0.717) is 30.2 Å². The van der Waals surface area contributed by atoms with Crippen molar-refractivity contribution in [3.8, 4) is 28.7 Å². The third-order valence-corrected chi connectivity index (χ3v) is 3.06. The monoisotopic (exact) mass is 252 g/mol. The van der Waals surface area contributed by atoms with Crippen molar-refractivity contribution in [3.63, 3.8) is 0 Å². The SMILES string of the molecule is N#Cc1c(N)cccc1-c1ccc2c(c1)OCCO2. The number of nitriles is 1. The van der Waals surface area contributed by atoms with E-state index in [-0.39, 0.29) is 0 Å². The number of nitrogen functional groups attached to an aromatic ring is 1. The Balaban J connectivity index is 2.13. The number of hydrogen-bond acceptors (Lipinski definition) is 4. The highest BCUT2D eigenvalue weighted by molar-refractivity contribution is 5.78. The lowest BCUT2D eigenvalue weighted by atomic mass is 9.98. The molecule has 4 heteroatoms. The van der Waals surface area contributed by atoms with Gasteiger partial charge in [-0.25, -0.2) is 0 Å². The molecule has 0 atom stereocenters. The zero-order valence-electron chi connectivity index (χ0n) is 10.2. The molecule has 1 aliphatic heterocycles. The van der Waals surface area contributed by atoms with Gasteiger partial charge in [-0.1, -0.05) is 18.2 Å². The van der Waals surface area contributed by atoms with Crippen LogP contribution in [0.4, 0.5) is 5.69 Å². The van der Waals surface area contributed by atoms with Crippen molar-refractivity contribution in [1.29, 1.82) is 5.26 Å². The fourth-order valence-electron chi connectivity index (χ4n) is 2.15. The molecule has 0 unspecified atom stereocenters. The molecule has 0 amide bonds. The largest absolute Gasteiger partial charge is 0.486 e. The summed E-state index contributed by atoms with van der Waals surface area (Å²) >= 11 is 0. The molecule has 0 spiro atoms. The predicted molar refractivity (Wildman–Crippen MR) is 72.0 cm³/mol. The van der Waals surface area contributed by atoms with Crippen molar-refractivity contribution in [2.24, 2.45) is 0 Å². The maximum Gasteiger partial charge on any atom is 0.161 e. The Bertz CT molecular complexity index is 674. The van der Waals surface area contributed by atoms with Gasteiger partial charge in [0.25, 0.3) is 0 Å². The summed E-state index contributed by atoms with van der Waals surface area (Å²) in [5.41, 5.74) is 8.50. The fraction of sp³-hybridized carbons (Fsp3) is 0.133. The highest BCUT2D eigenvalue weighted by Crippen LogP contribution is 2.36. The molecule has 3 rings (SSSR count). The van der Waals surface area contributed by atoms with Crippen molar-refractivity contribution in [1.82, 2.24) is 0 Å². The molecule has 4 nitrogen and oxygen atoms in total.